The van der Waals surface area contributed by atoms with E-state index in [1.807, 2.05) is 0 Å². The van der Waals surface area contributed by atoms with E-state index in [9.17, 15) is 5.26 Å². The molecule has 3 nitrogen and oxygen atoms in total. The van der Waals surface area contributed by atoms with E-state index in [-0.39, 0.29) is 0 Å². The van der Waals surface area contributed by atoms with Crippen molar-refractivity contribution < 1.29 is 0 Å². The van der Waals surface area contributed by atoms with Gasteiger partial charge in [0.05, 0.1) is 12.1 Å². The van der Waals surface area contributed by atoms with Gasteiger partial charge in [-0.3, -0.25) is 4.90 Å². The Morgan fingerprint density at radius 1 is 1.36 bits per heavy atom. The number of fused-ring (bicyclic) bond motifs is 5. The second-order valence-corrected chi connectivity index (χ2v) is 6.88. The quantitative estimate of drug-likeness (QED) is 0.908. The van der Waals surface area contributed by atoms with Gasteiger partial charge in [0.2, 0.25) is 0 Å². The number of rotatable bonds is 2. The Labute approximate surface area is 131 Å². The highest BCUT2D eigenvalue weighted by Crippen LogP contribution is 2.45. The number of piperidine rings is 1. The largest absolute Gasteiger partial charge is 0.357 e. The first-order valence-electron chi connectivity index (χ1n) is 8.52. The van der Waals surface area contributed by atoms with E-state index in [0.717, 1.165) is 18.9 Å². The molecular formula is C19H23N3. The maximum Gasteiger partial charge on any atom is 0.0625 e. The third-order valence-corrected chi connectivity index (χ3v) is 5.69. The first-order chi connectivity index (χ1) is 10.8. The van der Waals surface area contributed by atoms with Gasteiger partial charge >= 0.3 is 0 Å². The SMILES string of the molecule is CC[C@H]1C[C@H](CC#N)[C@@H]2c3[nH]c4ccccc4c3CCN2C1. The zero-order valence-corrected chi connectivity index (χ0v) is 13.2. The number of benzene rings is 1. The number of para-hydroxylation sites is 1. The van der Waals surface area contributed by atoms with Crippen LogP contribution in [0.4, 0.5) is 0 Å². The van der Waals surface area contributed by atoms with Crippen LogP contribution in [0, 0.1) is 23.2 Å². The summed E-state index contributed by atoms with van der Waals surface area (Å²) in [6.45, 7) is 4.61. The van der Waals surface area contributed by atoms with E-state index in [1.165, 1.54) is 41.5 Å². The molecule has 2 aromatic rings. The van der Waals surface area contributed by atoms with Crippen LogP contribution in [0.2, 0.25) is 0 Å². The van der Waals surface area contributed by atoms with Crippen molar-refractivity contribution in [2.24, 2.45) is 11.8 Å². The van der Waals surface area contributed by atoms with Crippen molar-refractivity contribution >= 4 is 10.9 Å². The van der Waals surface area contributed by atoms with E-state index in [4.69, 9.17) is 0 Å². The van der Waals surface area contributed by atoms with Gasteiger partial charge in [-0.1, -0.05) is 31.5 Å². The van der Waals surface area contributed by atoms with Crippen molar-refractivity contribution in [2.45, 2.75) is 38.6 Å². The second-order valence-electron chi connectivity index (χ2n) is 6.88. The second kappa shape index (κ2) is 5.44. The van der Waals surface area contributed by atoms with Crippen LogP contribution in [-0.2, 0) is 6.42 Å². The third kappa shape index (κ3) is 2.06. The van der Waals surface area contributed by atoms with Crippen molar-refractivity contribution in [3.63, 3.8) is 0 Å². The average molecular weight is 293 g/mol. The standard InChI is InChI=1S/C19H23N3/c1-2-13-11-14(7-9-20)19-18-16(8-10-22(19)12-13)15-5-3-4-6-17(15)21-18/h3-6,13-14,19,21H,2,7-8,10-12H2,1H3/t13-,14-,19+/m0/s1. The number of hydrogen-bond donors (Lipinski definition) is 1. The van der Waals surface area contributed by atoms with Crippen molar-refractivity contribution in [1.82, 2.24) is 9.88 Å². The minimum atomic E-state index is 0.415. The topological polar surface area (TPSA) is 42.8 Å². The van der Waals surface area contributed by atoms with Crippen molar-refractivity contribution in [3.8, 4) is 6.07 Å². The van der Waals surface area contributed by atoms with Gasteiger partial charge in [0.15, 0.2) is 0 Å². The Balaban J connectivity index is 1.79. The molecule has 1 aromatic heterocycles. The summed E-state index contributed by atoms with van der Waals surface area (Å²) in [5.41, 5.74) is 4.14. The van der Waals surface area contributed by atoms with E-state index in [0.29, 0.717) is 18.4 Å². The summed E-state index contributed by atoms with van der Waals surface area (Å²) in [5, 5.41) is 10.7. The van der Waals surface area contributed by atoms with Crippen LogP contribution in [0.25, 0.3) is 10.9 Å². The molecule has 1 N–H and O–H groups in total. The zero-order valence-electron chi connectivity index (χ0n) is 13.2. The number of nitriles is 1. The summed E-state index contributed by atoms with van der Waals surface area (Å²) < 4.78 is 0. The van der Waals surface area contributed by atoms with Gasteiger partial charge in [-0.2, -0.15) is 5.26 Å². The fraction of sp³-hybridized carbons (Fsp3) is 0.526. The number of aromatic amines is 1. The Morgan fingerprint density at radius 3 is 3.05 bits per heavy atom. The molecule has 3 heterocycles. The van der Waals surface area contributed by atoms with E-state index in [2.05, 4.69) is 47.1 Å². The maximum absolute atomic E-state index is 9.28. The molecule has 0 amide bonds. The summed E-state index contributed by atoms with van der Waals surface area (Å²) in [4.78, 5) is 6.32. The molecule has 0 radical (unpaired) electrons. The Morgan fingerprint density at radius 2 is 2.23 bits per heavy atom. The fourth-order valence-electron chi connectivity index (χ4n) is 4.63. The molecule has 0 aliphatic carbocycles. The molecule has 3 atom stereocenters. The molecule has 1 fully saturated rings. The van der Waals surface area contributed by atoms with Crippen LogP contribution in [0.1, 0.15) is 43.5 Å². The number of nitrogens with zero attached hydrogens (tertiary/aromatic N) is 2. The molecule has 0 unspecified atom stereocenters. The summed E-state index contributed by atoms with van der Waals surface area (Å²) in [5.74, 6) is 1.22. The highest BCUT2D eigenvalue weighted by Gasteiger charge is 2.40. The lowest BCUT2D eigenvalue weighted by Crippen LogP contribution is -2.46. The summed E-state index contributed by atoms with van der Waals surface area (Å²) >= 11 is 0. The molecule has 4 rings (SSSR count). The average Bonchev–Trinajstić information content (AvgIpc) is 2.93. The van der Waals surface area contributed by atoms with E-state index >= 15 is 0 Å². The fourth-order valence-corrected chi connectivity index (χ4v) is 4.63. The van der Waals surface area contributed by atoms with Crippen LogP contribution >= 0.6 is 0 Å². The first-order valence-corrected chi connectivity index (χ1v) is 8.52. The monoisotopic (exact) mass is 293 g/mol. The molecule has 0 saturated carbocycles. The van der Waals surface area contributed by atoms with Gasteiger partial charge in [0, 0.05) is 36.1 Å². The third-order valence-electron chi connectivity index (χ3n) is 5.69. The predicted octanol–water partition coefficient (Wildman–Crippen LogP) is 4.03. The molecule has 0 spiro atoms. The lowest BCUT2D eigenvalue weighted by molar-refractivity contribution is 0.0450. The predicted molar refractivity (Wildman–Crippen MR) is 88.4 cm³/mol. The Bertz CT molecular complexity index is 724. The molecule has 114 valence electrons. The van der Waals surface area contributed by atoms with Crippen LogP contribution < -0.4 is 0 Å². The summed E-state index contributed by atoms with van der Waals surface area (Å²) in [6, 6.07) is 11.5. The summed E-state index contributed by atoms with van der Waals surface area (Å²) in [7, 11) is 0. The van der Waals surface area contributed by atoms with Crippen LogP contribution in [0.3, 0.4) is 0 Å². The minimum absolute atomic E-state index is 0.415. The molecule has 2 aliphatic rings. The number of aromatic nitrogens is 1. The highest BCUT2D eigenvalue weighted by molar-refractivity contribution is 5.85. The molecule has 22 heavy (non-hydrogen) atoms. The first kappa shape index (κ1) is 13.8. The van der Waals surface area contributed by atoms with Crippen molar-refractivity contribution in [3.05, 3.63) is 35.5 Å². The van der Waals surface area contributed by atoms with E-state index in [1.54, 1.807) is 0 Å². The maximum atomic E-state index is 9.28. The van der Waals surface area contributed by atoms with Crippen LogP contribution in [0.5, 0.6) is 0 Å². The van der Waals surface area contributed by atoms with Gasteiger partial charge in [-0.15, -0.1) is 0 Å². The van der Waals surface area contributed by atoms with Crippen LogP contribution in [-0.4, -0.2) is 23.0 Å². The highest BCUT2D eigenvalue weighted by atomic mass is 15.2. The number of nitrogens with one attached hydrogen (secondary N) is 1. The Hall–Kier alpha value is -1.79. The zero-order chi connectivity index (χ0) is 15.1. The summed E-state index contributed by atoms with van der Waals surface area (Å²) in [6.07, 6.45) is 4.22. The van der Waals surface area contributed by atoms with Crippen LogP contribution in [0.15, 0.2) is 24.3 Å². The minimum Gasteiger partial charge on any atom is -0.357 e. The normalized spacial score (nSPS) is 28.1. The van der Waals surface area contributed by atoms with Gasteiger partial charge in [0.1, 0.15) is 0 Å². The van der Waals surface area contributed by atoms with Gasteiger partial charge in [-0.25, -0.2) is 0 Å². The van der Waals surface area contributed by atoms with E-state index < -0.39 is 0 Å². The lowest BCUT2D eigenvalue weighted by Gasteiger charge is -2.46. The lowest BCUT2D eigenvalue weighted by atomic mass is 9.76. The van der Waals surface area contributed by atoms with Crippen molar-refractivity contribution in [2.75, 3.05) is 13.1 Å². The van der Waals surface area contributed by atoms with Crippen molar-refractivity contribution in [1.29, 1.82) is 5.26 Å². The molecule has 3 heteroatoms. The number of H-pyrrole nitrogens is 1. The van der Waals surface area contributed by atoms with Gasteiger partial charge in [0.25, 0.3) is 0 Å². The Kier molecular flexibility index (Phi) is 3.43. The molecule has 2 aliphatic heterocycles. The van der Waals surface area contributed by atoms with Gasteiger partial charge in [-0.05, 0) is 36.3 Å². The molecular weight excluding hydrogens is 270 g/mol. The molecule has 0 bridgehead atoms. The number of hydrogen-bond acceptors (Lipinski definition) is 2. The van der Waals surface area contributed by atoms with Gasteiger partial charge < -0.3 is 4.98 Å². The molecule has 1 saturated heterocycles. The molecule has 1 aromatic carbocycles. The smallest absolute Gasteiger partial charge is 0.0625 e.